The minimum atomic E-state index is -0.389. The van der Waals surface area contributed by atoms with Crippen LogP contribution < -0.4 is 10.8 Å². The number of carbonyl (C=O) groups is 1. The zero-order chi connectivity index (χ0) is 18.0. The van der Waals surface area contributed by atoms with Crippen LogP contribution in [-0.2, 0) is 14.1 Å². The fraction of sp³-hybridized carbons (Fsp3) is 0.500. The minimum Gasteiger partial charge on any atom is -0.399 e. The van der Waals surface area contributed by atoms with Gasteiger partial charge in [-0.05, 0) is 59.4 Å². The SMILES string of the molecule is CN(C)C/C=C/C(=O)Nc1ccc(B2OC(C)(C)C(C)(C)O2)cc1. The molecule has 1 aliphatic heterocycles. The van der Waals surface area contributed by atoms with E-state index in [1.807, 2.05) is 77.0 Å². The van der Waals surface area contributed by atoms with Crippen LogP contribution in [0.5, 0.6) is 0 Å². The van der Waals surface area contributed by atoms with Gasteiger partial charge in [-0.15, -0.1) is 0 Å². The lowest BCUT2D eigenvalue weighted by Gasteiger charge is -2.32. The molecule has 1 N–H and O–H groups in total. The molecular formula is C18H27BN2O3. The number of hydrogen-bond donors (Lipinski definition) is 1. The highest BCUT2D eigenvalue weighted by Gasteiger charge is 2.51. The zero-order valence-corrected chi connectivity index (χ0v) is 15.4. The van der Waals surface area contributed by atoms with Crippen molar-refractivity contribution < 1.29 is 14.1 Å². The van der Waals surface area contributed by atoms with Crippen LogP contribution in [0.15, 0.2) is 36.4 Å². The molecule has 1 heterocycles. The normalized spacial score (nSPS) is 19.2. The first kappa shape index (κ1) is 18.7. The summed E-state index contributed by atoms with van der Waals surface area (Å²) in [6.45, 7) is 8.85. The quantitative estimate of drug-likeness (QED) is 0.663. The maximum absolute atomic E-state index is 11.8. The molecular weight excluding hydrogens is 303 g/mol. The summed E-state index contributed by atoms with van der Waals surface area (Å²) in [6, 6.07) is 7.55. The highest BCUT2D eigenvalue weighted by Crippen LogP contribution is 2.36. The summed E-state index contributed by atoms with van der Waals surface area (Å²) in [5.74, 6) is -0.139. The first-order valence-electron chi connectivity index (χ1n) is 8.18. The van der Waals surface area contributed by atoms with Crippen molar-refractivity contribution >= 4 is 24.2 Å². The maximum atomic E-state index is 11.8. The first-order valence-corrected chi connectivity index (χ1v) is 8.18. The van der Waals surface area contributed by atoms with E-state index in [0.717, 1.165) is 17.7 Å². The van der Waals surface area contributed by atoms with Crippen LogP contribution in [0.3, 0.4) is 0 Å². The van der Waals surface area contributed by atoms with Gasteiger partial charge in [0.1, 0.15) is 0 Å². The van der Waals surface area contributed by atoms with Gasteiger partial charge in [-0.2, -0.15) is 0 Å². The molecule has 0 unspecified atom stereocenters. The Bertz CT molecular complexity index is 593. The second-order valence-corrected chi connectivity index (χ2v) is 7.36. The van der Waals surface area contributed by atoms with Crippen molar-refractivity contribution in [1.29, 1.82) is 0 Å². The molecule has 24 heavy (non-hydrogen) atoms. The van der Waals surface area contributed by atoms with Crippen molar-refractivity contribution in [3.05, 3.63) is 36.4 Å². The largest absolute Gasteiger partial charge is 0.494 e. The number of nitrogens with one attached hydrogen (secondary N) is 1. The van der Waals surface area contributed by atoms with Crippen molar-refractivity contribution in [3.63, 3.8) is 0 Å². The van der Waals surface area contributed by atoms with E-state index in [9.17, 15) is 4.79 Å². The van der Waals surface area contributed by atoms with Gasteiger partial charge in [0.15, 0.2) is 0 Å². The van der Waals surface area contributed by atoms with E-state index in [1.165, 1.54) is 0 Å². The minimum absolute atomic E-state index is 0.139. The standard InChI is InChI=1S/C18H27BN2O3/c1-17(2)18(3,4)24-19(23-17)14-9-11-15(12-10-14)20-16(22)8-7-13-21(5)6/h7-12H,13H2,1-6H3,(H,20,22)/b8-7+. The molecule has 1 amide bonds. The van der Waals surface area contributed by atoms with Gasteiger partial charge in [0, 0.05) is 18.3 Å². The second-order valence-electron chi connectivity index (χ2n) is 7.36. The molecule has 1 aliphatic rings. The molecule has 0 atom stereocenters. The number of amides is 1. The lowest BCUT2D eigenvalue weighted by Crippen LogP contribution is -2.41. The Hall–Kier alpha value is -1.63. The van der Waals surface area contributed by atoms with Crippen LogP contribution in [-0.4, -0.2) is 49.8 Å². The van der Waals surface area contributed by atoms with Crippen LogP contribution in [0.4, 0.5) is 5.69 Å². The van der Waals surface area contributed by atoms with Crippen LogP contribution in [0.2, 0.25) is 0 Å². The Balaban J connectivity index is 1.97. The monoisotopic (exact) mass is 330 g/mol. The second kappa shape index (κ2) is 7.09. The third-order valence-corrected chi connectivity index (χ3v) is 4.44. The Kier molecular flexibility index (Phi) is 5.53. The van der Waals surface area contributed by atoms with Gasteiger partial charge in [0.25, 0.3) is 0 Å². The lowest BCUT2D eigenvalue weighted by atomic mass is 9.79. The Morgan fingerprint density at radius 2 is 1.67 bits per heavy atom. The van der Waals surface area contributed by atoms with Crippen molar-refractivity contribution in [1.82, 2.24) is 4.90 Å². The Labute approximate surface area is 145 Å². The number of hydrogen-bond acceptors (Lipinski definition) is 4. The van der Waals surface area contributed by atoms with Gasteiger partial charge in [0.05, 0.1) is 11.2 Å². The van der Waals surface area contributed by atoms with Crippen LogP contribution in [0.25, 0.3) is 0 Å². The molecule has 0 radical (unpaired) electrons. The molecule has 1 aromatic rings. The molecule has 1 aromatic carbocycles. The summed E-state index contributed by atoms with van der Waals surface area (Å²) >= 11 is 0. The van der Waals surface area contributed by atoms with Crippen molar-refractivity contribution in [2.75, 3.05) is 26.0 Å². The van der Waals surface area contributed by atoms with Gasteiger partial charge in [-0.1, -0.05) is 18.2 Å². The molecule has 0 bridgehead atoms. The van der Waals surface area contributed by atoms with Crippen molar-refractivity contribution in [2.24, 2.45) is 0 Å². The number of carbonyl (C=O) groups excluding carboxylic acids is 1. The fourth-order valence-electron chi connectivity index (χ4n) is 2.26. The summed E-state index contributed by atoms with van der Waals surface area (Å²) < 4.78 is 12.0. The summed E-state index contributed by atoms with van der Waals surface area (Å²) in [6.07, 6.45) is 3.37. The molecule has 1 saturated heterocycles. The molecule has 0 aliphatic carbocycles. The number of anilines is 1. The number of likely N-dealkylation sites (N-methyl/N-ethyl adjacent to an activating group) is 1. The summed E-state index contributed by atoms with van der Waals surface area (Å²) in [4.78, 5) is 13.8. The topological polar surface area (TPSA) is 50.8 Å². The number of nitrogens with zero attached hydrogens (tertiary/aromatic N) is 1. The predicted molar refractivity (Wildman–Crippen MR) is 98.5 cm³/mol. The third-order valence-electron chi connectivity index (χ3n) is 4.44. The van der Waals surface area contributed by atoms with E-state index in [2.05, 4.69) is 5.32 Å². The van der Waals surface area contributed by atoms with E-state index in [1.54, 1.807) is 6.08 Å². The van der Waals surface area contributed by atoms with E-state index in [0.29, 0.717) is 0 Å². The average Bonchev–Trinajstić information content (AvgIpc) is 2.67. The third kappa shape index (κ3) is 4.47. The first-order chi connectivity index (χ1) is 11.1. The van der Waals surface area contributed by atoms with Crippen LogP contribution >= 0.6 is 0 Å². The molecule has 130 valence electrons. The van der Waals surface area contributed by atoms with Gasteiger partial charge < -0.3 is 19.5 Å². The molecule has 0 spiro atoms. The Morgan fingerprint density at radius 1 is 1.12 bits per heavy atom. The van der Waals surface area contributed by atoms with Gasteiger partial charge in [-0.25, -0.2) is 0 Å². The predicted octanol–water partition coefficient (Wildman–Crippen LogP) is 2.04. The van der Waals surface area contributed by atoms with Crippen LogP contribution in [0.1, 0.15) is 27.7 Å². The van der Waals surface area contributed by atoms with E-state index < -0.39 is 0 Å². The zero-order valence-electron chi connectivity index (χ0n) is 15.4. The average molecular weight is 330 g/mol. The maximum Gasteiger partial charge on any atom is 0.494 e. The van der Waals surface area contributed by atoms with Gasteiger partial charge >= 0.3 is 7.12 Å². The van der Waals surface area contributed by atoms with E-state index >= 15 is 0 Å². The lowest BCUT2D eigenvalue weighted by molar-refractivity contribution is -0.111. The smallest absolute Gasteiger partial charge is 0.399 e. The number of rotatable bonds is 5. The number of benzene rings is 1. The Morgan fingerprint density at radius 3 is 2.17 bits per heavy atom. The van der Waals surface area contributed by atoms with Crippen LogP contribution in [0, 0.1) is 0 Å². The summed E-state index contributed by atoms with van der Waals surface area (Å²) in [7, 11) is 3.52. The molecule has 5 nitrogen and oxygen atoms in total. The summed E-state index contributed by atoms with van der Waals surface area (Å²) in [5.41, 5.74) is 0.966. The highest BCUT2D eigenvalue weighted by atomic mass is 16.7. The fourth-order valence-corrected chi connectivity index (χ4v) is 2.26. The van der Waals surface area contributed by atoms with Gasteiger partial charge in [0.2, 0.25) is 5.91 Å². The summed E-state index contributed by atoms with van der Waals surface area (Å²) in [5, 5.41) is 2.84. The molecule has 6 heteroatoms. The molecule has 0 aromatic heterocycles. The molecule has 1 fully saturated rings. The van der Waals surface area contributed by atoms with Crippen molar-refractivity contribution in [2.45, 2.75) is 38.9 Å². The van der Waals surface area contributed by atoms with E-state index in [4.69, 9.17) is 9.31 Å². The molecule has 0 saturated carbocycles. The van der Waals surface area contributed by atoms with E-state index in [-0.39, 0.29) is 24.2 Å². The highest BCUT2D eigenvalue weighted by molar-refractivity contribution is 6.62. The molecule has 2 rings (SSSR count). The van der Waals surface area contributed by atoms with Gasteiger partial charge in [-0.3, -0.25) is 4.79 Å². The van der Waals surface area contributed by atoms with Crippen molar-refractivity contribution in [3.8, 4) is 0 Å².